The normalized spacial score (nSPS) is 10.6. The molecule has 80 heavy (non-hydrogen) atoms. The summed E-state index contributed by atoms with van der Waals surface area (Å²) in [5.74, 6) is 4.30. The molecule has 0 fully saturated rings. The molecular formula is C57H54F4I2N11O6-. The third-order valence-corrected chi connectivity index (χ3v) is 11.9. The van der Waals surface area contributed by atoms with Crippen molar-refractivity contribution in [1.29, 1.82) is 0 Å². The summed E-state index contributed by atoms with van der Waals surface area (Å²) in [5, 5.41) is 4.29. The average Bonchev–Trinajstić information content (AvgIpc) is 3.43. The van der Waals surface area contributed by atoms with Gasteiger partial charge < -0.3 is 48.6 Å². The molecule has 1 amide bonds. The standard InChI is InChI=1S/C28H26F2N6O3.C16H12F2N2O2.C13H16IN3O.HI/c1-35(2)11-4-12-39-27-21-13-19(7-9-25(21)33-17-34-27)5-3-10-32-26(37)22-15-31-18-36(28(22)38)16-20-6-8-23(29)24(30)14-20;1-2-3-4-15(21)12-8-19-10-20(16(12)22)9-11-5-6-13(17)14(18)7-11;1-17(2)6-3-7-18-13-11-8-10(14)4-5-12(11)15-9-16-13;/h6-9,13-15,17-18H,4,10-12,16H2,1-2H3,(H,32,37);1,5-8,10H,3-4,9H2;4-5,8-9H,3,6-7H2,1-2H3;1H/p-1. The number of hydrogen-bond acceptors (Lipinski definition) is 14. The van der Waals surface area contributed by atoms with Gasteiger partial charge >= 0.3 is 0 Å². The summed E-state index contributed by atoms with van der Waals surface area (Å²) in [5.41, 5.74) is 1.64. The van der Waals surface area contributed by atoms with E-state index in [0.29, 0.717) is 41.7 Å². The summed E-state index contributed by atoms with van der Waals surface area (Å²) in [6.45, 7) is 3.00. The van der Waals surface area contributed by atoms with Crippen molar-refractivity contribution in [2.24, 2.45) is 0 Å². The fraction of sp³-hybridized carbons (Fsp3) is 0.263. The Kier molecular flexibility index (Phi) is 25.1. The summed E-state index contributed by atoms with van der Waals surface area (Å²) >= 11 is 2.28. The number of aromatic nitrogens is 8. The number of benzene rings is 4. The topological polar surface area (TPSA) is 192 Å². The number of hydrogen-bond donors (Lipinski definition) is 1. The number of amides is 1. The van der Waals surface area contributed by atoms with Crippen LogP contribution < -0.4 is 49.9 Å². The Labute approximate surface area is 489 Å². The molecule has 8 rings (SSSR count). The summed E-state index contributed by atoms with van der Waals surface area (Å²) in [7, 11) is 8.11. The maximum absolute atomic E-state index is 13.5. The zero-order chi connectivity index (χ0) is 56.8. The second kappa shape index (κ2) is 31.8. The van der Waals surface area contributed by atoms with Gasteiger partial charge in [0.15, 0.2) is 29.1 Å². The van der Waals surface area contributed by atoms with Gasteiger partial charge in [-0.2, -0.15) is 0 Å². The molecule has 0 saturated carbocycles. The van der Waals surface area contributed by atoms with Gasteiger partial charge in [-0.3, -0.25) is 28.3 Å². The maximum Gasteiger partial charge on any atom is 0.266 e. The van der Waals surface area contributed by atoms with Crippen molar-refractivity contribution < 1.29 is 60.6 Å². The first-order valence-corrected chi connectivity index (χ1v) is 25.5. The van der Waals surface area contributed by atoms with E-state index in [9.17, 15) is 36.7 Å². The Bertz CT molecular complexity index is 3660. The Morgan fingerprint density at radius 1 is 0.675 bits per heavy atom. The minimum absolute atomic E-state index is 0. The first kappa shape index (κ1) is 63.1. The van der Waals surface area contributed by atoms with Gasteiger partial charge in [0.25, 0.3) is 17.0 Å². The van der Waals surface area contributed by atoms with Crippen LogP contribution in [0, 0.1) is 51.0 Å². The molecule has 1 N–H and O–H groups in total. The predicted molar refractivity (Wildman–Crippen MR) is 299 cm³/mol. The number of ketones is 1. The molecule has 4 heterocycles. The van der Waals surface area contributed by atoms with E-state index in [1.54, 1.807) is 12.4 Å². The first-order chi connectivity index (χ1) is 38.0. The number of halogens is 6. The van der Waals surface area contributed by atoms with E-state index in [2.05, 4.69) is 106 Å². The fourth-order valence-corrected chi connectivity index (χ4v) is 7.77. The molecule has 0 atom stereocenters. The number of carbonyl (C=O) groups is 2. The quantitative estimate of drug-likeness (QED) is 0.0395. The Morgan fingerprint density at radius 3 is 1.71 bits per heavy atom. The van der Waals surface area contributed by atoms with Crippen LogP contribution in [-0.4, -0.2) is 122 Å². The van der Waals surface area contributed by atoms with Crippen LogP contribution in [0.3, 0.4) is 0 Å². The molecule has 17 nitrogen and oxygen atoms in total. The maximum atomic E-state index is 13.5. The summed E-state index contributed by atoms with van der Waals surface area (Å²) < 4.78 is 67.8. The highest BCUT2D eigenvalue weighted by Gasteiger charge is 2.16. The van der Waals surface area contributed by atoms with Gasteiger partial charge in [-0.05, 0) is 135 Å². The van der Waals surface area contributed by atoms with Crippen molar-refractivity contribution in [3.05, 3.63) is 186 Å². The van der Waals surface area contributed by atoms with Crippen molar-refractivity contribution in [2.75, 3.05) is 61.0 Å². The average molecular weight is 1320 g/mol. The summed E-state index contributed by atoms with van der Waals surface area (Å²) in [6.07, 6.45) is 15.0. The molecule has 0 aliphatic heterocycles. The third kappa shape index (κ3) is 19.0. The van der Waals surface area contributed by atoms with Gasteiger partial charge in [0.2, 0.25) is 11.8 Å². The summed E-state index contributed by atoms with van der Waals surface area (Å²) in [6, 6.07) is 18.2. The van der Waals surface area contributed by atoms with Crippen LogP contribution in [0.5, 0.6) is 11.8 Å². The van der Waals surface area contributed by atoms with E-state index in [-0.39, 0.29) is 67.6 Å². The lowest BCUT2D eigenvalue weighted by Crippen LogP contribution is -3.00. The van der Waals surface area contributed by atoms with E-state index in [1.807, 2.05) is 38.4 Å². The van der Waals surface area contributed by atoms with Crippen LogP contribution in [-0.2, 0) is 13.1 Å². The summed E-state index contributed by atoms with van der Waals surface area (Å²) in [4.78, 5) is 78.3. The van der Waals surface area contributed by atoms with Gasteiger partial charge in [0.1, 0.15) is 23.8 Å². The third-order valence-electron chi connectivity index (χ3n) is 11.2. The largest absolute Gasteiger partial charge is 1.00 e. The highest BCUT2D eigenvalue weighted by atomic mass is 127. The number of Topliss-reactive ketones (excluding diaryl/α,β-unsaturated/α-hetero) is 1. The Balaban J connectivity index is 0.000000242. The minimum atomic E-state index is -1.02. The number of carbonyl (C=O) groups excluding carboxylic acids is 2. The zero-order valence-electron chi connectivity index (χ0n) is 43.9. The van der Waals surface area contributed by atoms with Crippen molar-refractivity contribution in [1.82, 2.24) is 54.2 Å². The van der Waals surface area contributed by atoms with Gasteiger partial charge in [-0.25, -0.2) is 47.5 Å². The van der Waals surface area contributed by atoms with Gasteiger partial charge in [0.05, 0.1) is 67.3 Å². The molecular weight excluding hydrogens is 1260 g/mol. The molecule has 0 aliphatic rings. The minimum Gasteiger partial charge on any atom is -1.00 e. The van der Waals surface area contributed by atoms with E-state index in [4.69, 9.17) is 15.9 Å². The number of terminal acetylenes is 1. The molecule has 4 aromatic heterocycles. The van der Waals surface area contributed by atoms with Crippen LogP contribution in [0.1, 0.15) is 63.1 Å². The van der Waals surface area contributed by atoms with E-state index in [0.717, 1.165) is 90.9 Å². The number of ether oxygens (including phenoxy) is 2. The van der Waals surface area contributed by atoms with E-state index in [1.165, 1.54) is 37.3 Å². The van der Waals surface area contributed by atoms with E-state index < -0.39 is 46.1 Å². The second-order valence-electron chi connectivity index (χ2n) is 17.9. The predicted octanol–water partition coefficient (Wildman–Crippen LogP) is 4.36. The van der Waals surface area contributed by atoms with Crippen molar-refractivity contribution in [2.45, 2.75) is 38.8 Å². The molecule has 8 aromatic rings. The van der Waals surface area contributed by atoms with Crippen molar-refractivity contribution in [3.63, 3.8) is 0 Å². The van der Waals surface area contributed by atoms with Gasteiger partial charge in [0, 0.05) is 47.5 Å². The van der Waals surface area contributed by atoms with Crippen molar-refractivity contribution >= 4 is 56.1 Å². The molecule has 0 aliphatic carbocycles. The SMILES string of the molecule is C#CCCC(=O)c1cncn(Cc2ccc(F)c(F)c2)c1=O.CN(C)CCCOc1ncnc2ccc(C#CCNC(=O)c3cncn(Cc4ccc(F)c(F)c4)c3=O)cc12.CN(C)CCCOc1ncnc2ccc(I)cc12.[I-]. The monoisotopic (exact) mass is 1320 g/mol. The molecule has 0 bridgehead atoms. The van der Waals surface area contributed by atoms with Crippen molar-refractivity contribution in [3.8, 4) is 35.9 Å². The van der Waals surface area contributed by atoms with Gasteiger partial charge in [-0.15, -0.1) is 12.3 Å². The number of rotatable bonds is 19. The highest BCUT2D eigenvalue weighted by Crippen LogP contribution is 2.24. The van der Waals surface area contributed by atoms with Crippen LogP contribution in [0.25, 0.3) is 21.8 Å². The zero-order valence-corrected chi connectivity index (χ0v) is 48.3. The number of fused-ring (bicyclic) bond motifs is 2. The van der Waals surface area contributed by atoms with Gasteiger partial charge in [-0.1, -0.05) is 24.0 Å². The smallest absolute Gasteiger partial charge is 0.266 e. The molecule has 4 aromatic carbocycles. The molecule has 0 saturated heterocycles. The second-order valence-corrected chi connectivity index (χ2v) is 19.1. The highest BCUT2D eigenvalue weighted by molar-refractivity contribution is 14.1. The molecule has 0 unspecified atom stereocenters. The van der Waals surface area contributed by atoms with E-state index >= 15 is 0 Å². The number of nitrogens with zero attached hydrogens (tertiary/aromatic N) is 10. The lowest BCUT2D eigenvalue weighted by Gasteiger charge is -2.11. The molecule has 416 valence electrons. The fourth-order valence-electron chi connectivity index (χ4n) is 7.27. The molecule has 23 heteroatoms. The van der Waals surface area contributed by atoms with Crippen LogP contribution >= 0.6 is 22.6 Å². The first-order valence-electron chi connectivity index (χ1n) is 24.4. The van der Waals surface area contributed by atoms with Crippen LogP contribution in [0.15, 0.2) is 120 Å². The number of nitrogens with one attached hydrogen (secondary N) is 1. The van der Waals surface area contributed by atoms with Crippen LogP contribution in [0.4, 0.5) is 17.6 Å². The Hall–Kier alpha value is -7.72. The molecule has 0 radical (unpaired) electrons. The lowest BCUT2D eigenvalue weighted by molar-refractivity contribution is -0.0000351. The molecule has 0 spiro atoms. The van der Waals surface area contributed by atoms with Crippen LogP contribution in [0.2, 0.25) is 0 Å². The lowest BCUT2D eigenvalue weighted by atomic mass is 10.1. The Morgan fingerprint density at radius 2 is 1.19 bits per heavy atom.